The van der Waals surface area contributed by atoms with Crippen LogP contribution in [0.1, 0.15) is 18.1 Å². The Labute approximate surface area is 141 Å². The predicted molar refractivity (Wildman–Crippen MR) is 94.5 cm³/mol. The lowest BCUT2D eigenvalue weighted by Gasteiger charge is -2.11. The van der Waals surface area contributed by atoms with Gasteiger partial charge in [-0.1, -0.05) is 35.9 Å². The van der Waals surface area contributed by atoms with Gasteiger partial charge in [-0.05, 0) is 49.6 Å². The van der Waals surface area contributed by atoms with Crippen molar-refractivity contribution >= 4 is 23.3 Å². The molecule has 5 heteroatoms. The van der Waals surface area contributed by atoms with Crippen molar-refractivity contribution in [2.45, 2.75) is 20.3 Å². The summed E-state index contributed by atoms with van der Waals surface area (Å²) in [6, 6.07) is 13.0. The number of rotatable bonds is 6. The molecule has 23 heavy (non-hydrogen) atoms. The number of anilines is 1. The first-order chi connectivity index (χ1) is 11.1. The third kappa shape index (κ3) is 5.18. The lowest BCUT2D eigenvalue weighted by atomic mass is 10.1. The van der Waals surface area contributed by atoms with E-state index < -0.39 is 0 Å². The topological polar surface area (TPSA) is 50.4 Å². The van der Waals surface area contributed by atoms with E-state index in [-0.39, 0.29) is 6.03 Å². The Morgan fingerprint density at radius 2 is 2.00 bits per heavy atom. The van der Waals surface area contributed by atoms with Gasteiger partial charge in [0.15, 0.2) is 0 Å². The largest absolute Gasteiger partial charge is 0.494 e. The summed E-state index contributed by atoms with van der Waals surface area (Å²) in [5.74, 6) is 0.863. The second-order valence-electron chi connectivity index (χ2n) is 5.14. The monoisotopic (exact) mass is 332 g/mol. The zero-order valence-electron chi connectivity index (χ0n) is 13.4. The van der Waals surface area contributed by atoms with Gasteiger partial charge in [0.2, 0.25) is 0 Å². The summed E-state index contributed by atoms with van der Waals surface area (Å²) in [6.07, 6.45) is 0.707. The third-order valence-electron chi connectivity index (χ3n) is 3.38. The molecule has 0 saturated heterocycles. The minimum atomic E-state index is -0.251. The van der Waals surface area contributed by atoms with Crippen molar-refractivity contribution < 1.29 is 9.53 Å². The minimum absolute atomic E-state index is 0.251. The van der Waals surface area contributed by atoms with Crippen LogP contribution in [0, 0.1) is 6.92 Å². The van der Waals surface area contributed by atoms with Crippen LogP contribution in [0.2, 0.25) is 5.02 Å². The second kappa shape index (κ2) is 8.44. The highest BCUT2D eigenvalue weighted by Crippen LogP contribution is 2.20. The van der Waals surface area contributed by atoms with E-state index in [4.69, 9.17) is 16.3 Å². The van der Waals surface area contributed by atoms with Crippen molar-refractivity contribution in [1.82, 2.24) is 5.32 Å². The number of amides is 2. The molecule has 2 amide bonds. The summed E-state index contributed by atoms with van der Waals surface area (Å²) < 4.78 is 5.57. The quantitative estimate of drug-likeness (QED) is 0.823. The van der Waals surface area contributed by atoms with Gasteiger partial charge in [-0.3, -0.25) is 0 Å². The van der Waals surface area contributed by atoms with Crippen LogP contribution in [0.3, 0.4) is 0 Å². The van der Waals surface area contributed by atoms with E-state index in [0.29, 0.717) is 30.3 Å². The van der Waals surface area contributed by atoms with Crippen LogP contribution in [-0.2, 0) is 6.42 Å². The van der Waals surface area contributed by atoms with Gasteiger partial charge in [-0.25, -0.2) is 4.79 Å². The predicted octanol–water partition coefficient (Wildman–Crippen LogP) is 4.41. The van der Waals surface area contributed by atoms with Crippen LogP contribution in [-0.4, -0.2) is 19.2 Å². The second-order valence-corrected chi connectivity index (χ2v) is 5.54. The van der Waals surface area contributed by atoms with Gasteiger partial charge in [0.05, 0.1) is 6.61 Å². The fourth-order valence-corrected chi connectivity index (χ4v) is 2.34. The van der Waals surface area contributed by atoms with E-state index in [2.05, 4.69) is 10.6 Å². The average molecular weight is 333 g/mol. The molecule has 0 aromatic heterocycles. The first kappa shape index (κ1) is 17.2. The van der Waals surface area contributed by atoms with Crippen LogP contribution in [0.5, 0.6) is 5.75 Å². The standard InChI is InChI=1S/C18H21ClN2O2/c1-3-23-17-7-5-4-6-14(17)10-11-20-18(22)21-15-9-8-13(2)16(19)12-15/h4-9,12H,3,10-11H2,1-2H3,(H2,20,21,22). The van der Waals surface area contributed by atoms with Crippen molar-refractivity contribution in [3.05, 3.63) is 58.6 Å². The Morgan fingerprint density at radius 3 is 2.74 bits per heavy atom. The summed E-state index contributed by atoms with van der Waals surface area (Å²) in [5, 5.41) is 6.24. The van der Waals surface area contributed by atoms with E-state index >= 15 is 0 Å². The van der Waals surface area contributed by atoms with Gasteiger partial charge < -0.3 is 15.4 Å². The van der Waals surface area contributed by atoms with Gasteiger partial charge in [-0.15, -0.1) is 0 Å². The zero-order valence-corrected chi connectivity index (χ0v) is 14.1. The lowest BCUT2D eigenvalue weighted by molar-refractivity contribution is 0.252. The molecular formula is C18H21ClN2O2. The molecule has 4 nitrogen and oxygen atoms in total. The summed E-state index contributed by atoms with van der Waals surface area (Å²) in [5.41, 5.74) is 2.73. The van der Waals surface area contributed by atoms with Crippen molar-refractivity contribution in [1.29, 1.82) is 0 Å². The Kier molecular flexibility index (Phi) is 6.29. The van der Waals surface area contributed by atoms with Crippen molar-refractivity contribution in [3.63, 3.8) is 0 Å². The number of nitrogens with one attached hydrogen (secondary N) is 2. The molecular weight excluding hydrogens is 312 g/mol. The fraction of sp³-hybridized carbons (Fsp3) is 0.278. The van der Waals surface area contributed by atoms with Gasteiger partial charge in [0, 0.05) is 17.3 Å². The molecule has 2 aromatic rings. The molecule has 0 spiro atoms. The number of hydrogen-bond donors (Lipinski definition) is 2. The first-order valence-corrected chi connectivity index (χ1v) is 7.99. The van der Waals surface area contributed by atoms with E-state index in [0.717, 1.165) is 16.9 Å². The van der Waals surface area contributed by atoms with Crippen molar-refractivity contribution in [2.24, 2.45) is 0 Å². The molecule has 0 saturated carbocycles. The summed E-state index contributed by atoms with van der Waals surface area (Å²) in [7, 11) is 0. The maximum Gasteiger partial charge on any atom is 0.319 e. The number of para-hydroxylation sites is 1. The Hall–Kier alpha value is -2.20. The number of carbonyl (C=O) groups excluding carboxylic acids is 1. The Balaban J connectivity index is 1.84. The number of aryl methyl sites for hydroxylation is 1. The Bertz CT molecular complexity index is 674. The zero-order chi connectivity index (χ0) is 16.7. The van der Waals surface area contributed by atoms with Crippen molar-refractivity contribution in [3.8, 4) is 5.75 Å². The molecule has 0 bridgehead atoms. The number of benzene rings is 2. The highest BCUT2D eigenvalue weighted by Gasteiger charge is 2.05. The molecule has 0 heterocycles. The molecule has 0 aliphatic carbocycles. The highest BCUT2D eigenvalue weighted by molar-refractivity contribution is 6.31. The summed E-state index contributed by atoms with van der Waals surface area (Å²) in [4.78, 5) is 11.9. The smallest absolute Gasteiger partial charge is 0.319 e. The van der Waals surface area contributed by atoms with E-state index in [1.165, 1.54) is 0 Å². The molecule has 0 aliphatic rings. The minimum Gasteiger partial charge on any atom is -0.494 e. The number of carbonyl (C=O) groups is 1. The maximum absolute atomic E-state index is 11.9. The third-order valence-corrected chi connectivity index (χ3v) is 3.79. The Morgan fingerprint density at radius 1 is 1.22 bits per heavy atom. The number of hydrogen-bond acceptors (Lipinski definition) is 2. The van der Waals surface area contributed by atoms with E-state index in [1.807, 2.05) is 50.2 Å². The molecule has 2 N–H and O–H groups in total. The lowest BCUT2D eigenvalue weighted by Crippen LogP contribution is -2.30. The molecule has 0 unspecified atom stereocenters. The number of urea groups is 1. The van der Waals surface area contributed by atoms with Crippen LogP contribution in [0.4, 0.5) is 10.5 Å². The summed E-state index contributed by atoms with van der Waals surface area (Å²) >= 11 is 6.04. The van der Waals surface area contributed by atoms with Crippen LogP contribution in [0.25, 0.3) is 0 Å². The van der Waals surface area contributed by atoms with Crippen LogP contribution < -0.4 is 15.4 Å². The molecule has 0 fully saturated rings. The molecule has 0 radical (unpaired) electrons. The van der Waals surface area contributed by atoms with E-state index in [1.54, 1.807) is 6.07 Å². The van der Waals surface area contributed by atoms with E-state index in [9.17, 15) is 4.79 Å². The van der Waals surface area contributed by atoms with Gasteiger partial charge in [-0.2, -0.15) is 0 Å². The molecule has 0 atom stereocenters. The average Bonchev–Trinajstić information content (AvgIpc) is 2.53. The summed E-state index contributed by atoms with van der Waals surface area (Å²) in [6.45, 7) is 5.02. The normalized spacial score (nSPS) is 10.2. The van der Waals surface area contributed by atoms with Gasteiger partial charge >= 0.3 is 6.03 Å². The van der Waals surface area contributed by atoms with Crippen LogP contribution >= 0.6 is 11.6 Å². The maximum atomic E-state index is 11.9. The fourth-order valence-electron chi connectivity index (χ4n) is 2.16. The SMILES string of the molecule is CCOc1ccccc1CCNC(=O)Nc1ccc(C)c(Cl)c1. The molecule has 2 rings (SSSR count). The number of ether oxygens (including phenoxy) is 1. The number of halogens is 1. The highest BCUT2D eigenvalue weighted by atomic mass is 35.5. The van der Waals surface area contributed by atoms with Crippen LogP contribution in [0.15, 0.2) is 42.5 Å². The van der Waals surface area contributed by atoms with Gasteiger partial charge in [0.25, 0.3) is 0 Å². The molecule has 122 valence electrons. The first-order valence-electron chi connectivity index (χ1n) is 7.62. The van der Waals surface area contributed by atoms with Gasteiger partial charge in [0.1, 0.15) is 5.75 Å². The van der Waals surface area contributed by atoms with Crippen molar-refractivity contribution in [2.75, 3.05) is 18.5 Å². The molecule has 2 aromatic carbocycles. The molecule has 0 aliphatic heterocycles.